The van der Waals surface area contributed by atoms with E-state index in [0.717, 1.165) is 32.1 Å². The predicted octanol–water partition coefficient (Wildman–Crippen LogP) is 2.93. The fraction of sp³-hybridized carbons (Fsp3) is 0.824. The number of carbonyl (C=O) groups is 3. The van der Waals surface area contributed by atoms with E-state index in [0.29, 0.717) is 17.2 Å². The Hall–Kier alpha value is -1.80. The lowest BCUT2D eigenvalue weighted by Gasteiger charge is -2.30. The molecular weight excluding hydrogens is 351 g/mol. The van der Waals surface area contributed by atoms with Gasteiger partial charge in [0.15, 0.2) is 0 Å². The van der Waals surface area contributed by atoms with E-state index in [-0.39, 0.29) is 18.9 Å². The summed E-state index contributed by atoms with van der Waals surface area (Å²) in [7, 11) is 0. The van der Waals surface area contributed by atoms with E-state index >= 15 is 0 Å². The van der Waals surface area contributed by atoms with E-state index < -0.39 is 29.7 Å². The number of halogens is 3. The second kappa shape index (κ2) is 7.84. The maximum atomic E-state index is 13.6. The van der Waals surface area contributed by atoms with Crippen molar-refractivity contribution in [2.24, 2.45) is 11.8 Å². The number of urea groups is 1. The first-order chi connectivity index (χ1) is 12.1. The Kier molecular flexibility index (Phi) is 6.18. The summed E-state index contributed by atoms with van der Waals surface area (Å²) < 4.78 is 40.9. The summed E-state index contributed by atoms with van der Waals surface area (Å²) in [5.41, 5.74) is -3.37. The Morgan fingerprint density at radius 2 is 1.88 bits per heavy atom. The van der Waals surface area contributed by atoms with E-state index in [9.17, 15) is 27.6 Å². The van der Waals surface area contributed by atoms with Crippen LogP contribution >= 0.6 is 0 Å². The zero-order chi connectivity index (χ0) is 19.5. The van der Waals surface area contributed by atoms with Gasteiger partial charge < -0.3 is 5.32 Å². The van der Waals surface area contributed by atoms with Gasteiger partial charge in [0.25, 0.3) is 11.6 Å². The molecular formula is C17H26F3N3O3. The van der Waals surface area contributed by atoms with E-state index in [1.54, 1.807) is 24.5 Å². The normalized spacial score (nSPS) is 24.9. The lowest BCUT2D eigenvalue weighted by molar-refractivity contribution is -0.204. The van der Waals surface area contributed by atoms with Gasteiger partial charge in [0.2, 0.25) is 5.91 Å². The highest BCUT2D eigenvalue weighted by Gasteiger charge is 2.68. The van der Waals surface area contributed by atoms with Crippen molar-refractivity contribution in [1.29, 1.82) is 0 Å². The number of nitrogens with one attached hydrogen (secondary N) is 2. The molecule has 1 aliphatic heterocycles. The molecule has 2 aliphatic rings. The topological polar surface area (TPSA) is 78.5 Å². The SMILES string of the molecule is CC(C)CN1C(=O)N[C@@](NC(=O)CCC2CCCCC2)(C(F)(F)F)C1=O. The highest BCUT2D eigenvalue weighted by atomic mass is 19.4. The monoisotopic (exact) mass is 377 g/mol. The number of alkyl halides is 3. The van der Waals surface area contributed by atoms with Crippen molar-refractivity contribution in [1.82, 2.24) is 15.5 Å². The Balaban J connectivity index is 2.08. The predicted molar refractivity (Wildman–Crippen MR) is 87.8 cm³/mol. The molecule has 148 valence electrons. The second-order valence-corrected chi connectivity index (χ2v) is 7.58. The van der Waals surface area contributed by atoms with Crippen molar-refractivity contribution < 1.29 is 27.6 Å². The molecule has 2 fully saturated rings. The zero-order valence-corrected chi connectivity index (χ0v) is 15.1. The molecule has 26 heavy (non-hydrogen) atoms. The summed E-state index contributed by atoms with van der Waals surface area (Å²) in [5.74, 6) is -2.24. The summed E-state index contributed by atoms with van der Waals surface area (Å²) in [6.07, 6.45) is 0.464. The zero-order valence-electron chi connectivity index (χ0n) is 15.1. The van der Waals surface area contributed by atoms with Crippen LogP contribution in [0.4, 0.5) is 18.0 Å². The smallest absolute Gasteiger partial charge is 0.318 e. The Bertz CT molecular complexity index is 559. The van der Waals surface area contributed by atoms with Crippen LogP contribution in [0.1, 0.15) is 58.8 Å². The Morgan fingerprint density at radius 1 is 1.27 bits per heavy atom. The lowest BCUT2D eigenvalue weighted by atomic mass is 9.86. The first kappa shape index (κ1) is 20.5. The van der Waals surface area contributed by atoms with Crippen LogP contribution in [0.25, 0.3) is 0 Å². The van der Waals surface area contributed by atoms with Gasteiger partial charge in [-0.05, 0) is 18.3 Å². The molecule has 0 unspecified atom stereocenters. The first-order valence-electron chi connectivity index (χ1n) is 9.08. The number of nitrogens with zero attached hydrogens (tertiary/aromatic N) is 1. The molecule has 1 saturated heterocycles. The first-order valence-corrected chi connectivity index (χ1v) is 9.08. The molecule has 0 radical (unpaired) electrons. The average molecular weight is 377 g/mol. The van der Waals surface area contributed by atoms with Crippen LogP contribution in [0.5, 0.6) is 0 Å². The molecule has 1 atom stereocenters. The summed E-state index contributed by atoms with van der Waals surface area (Å²) >= 11 is 0. The summed E-state index contributed by atoms with van der Waals surface area (Å²) in [4.78, 5) is 36.9. The quantitative estimate of drug-likeness (QED) is 0.699. The van der Waals surface area contributed by atoms with Gasteiger partial charge in [0.05, 0.1) is 0 Å². The van der Waals surface area contributed by atoms with Gasteiger partial charge in [0, 0.05) is 13.0 Å². The molecule has 6 nitrogen and oxygen atoms in total. The largest absolute Gasteiger partial charge is 0.440 e. The molecule has 9 heteroatoms. The number of amides is 4. The Labute approximate surface area is 150 Å². The van der Waals surface area contributed by atoms with Gasteiger partial charge in [-0.3, -0.25) is 19.8 Å². The van der Waals surface area contributed by atoms with Crippen molar-refractivity contribution in [2.45, 2.75) is 70.6 Å². The number of hydrogen-bond acceptors (Lipinski definition) is 3. The van der Waals surface area contributed by atoms with E-state index in [1.807, 2.05) is 0 Å². The summed E-state index contributed by atoms with van der Waals surface area (Å²) in [5, 5.41) is 3.43. The molecule has 0 aromatic heterocycles. The van der Waals surface area contributed by atoms with Crippen LogP contribution in [0.2, 0.25) is 0 Å². The molecule has 1 aliphatic carbocycles. The number of imide groups is 1. The van der Waals surface area contributed by atoms with Crippen molar-refractivity contribution in [2.75, 3.05) is 6.54 Å². The molecule has 0 spiro atoms. The van der Waals surface area contributed by atoms with Gasteiger partial charge in [-0.1, -0.05) is 46.0 Å². The molecule has 4 amide bonds. The Morgan fingerprint density at radius 3 is 2.42 bits per heavy atom. The fourth-order valence-corrected chi connectivity index (χ4v) is 3.54. The molecule has 0 aromatic rings. The molecule has 2 N–H and O–H groups in total. The van der Waals surface area contributed by atoms with Crippen LogP contribution in [0.15, 0.2) is 0 Å². The van der Waals surface area contributed by atoms with Gasteiger partial charge in [-0.25, -0.2) is 4.79 Å². The third-order valence-electron chi connectivity index (χ3n) is 4.91. The molecule has 0 aromatic carbocycles. The van der Waals surface area contributed by atoms with E-state index in [2.05, 4.69) is 0 Å². The van der Waals surface area contributed by atoms with Crippen LogP contribution < -0.4 is 10.6 Å². The molecule has 0 bridgehead atoms. The fourth-order valence-electron chi connectivity index (χ4n) is 3.54. The van der Waals surface area contributed by atoms with Crippen LogP contribution in [0.3, 0.4) is 0 Å². The van der Waals surface area contributed by atoms with Gasteiger partial charge in [-0.2, -0.15) is 13.2 Å². The molecule has 2 rings (SSSR count). The van der Waals surface area contributed by atoms with Crippen LogP contribution in [0, 0.1) is 11.8 Å². The van der Waals surface area contributed by atoms with Crippen molar-refractivity contribution >= 4 is 17.8 Å². The third-order valence-corrected chi connectivity index (χ3v) is 4.91. The third kappa shape index (κ3) is 4.29. The minimum Gasteiger partial charge on any atom is -0.318 e. The number of rotatable bonds is 6. The van der Waals surface area contributed by atoms with Crippen molar-refractivity contribution in [3.63, 3.8) is 0 Å². The molecule has 1 saturated carbocycles. The van der Waals surface area contributed by atoms with Gasteiger partial charge in [0.1, 0.15) is 0 Å². The van der Waals surface area contributed by atoms with Gasteiger partial charge >= 0.3 is 12.2 Å². The van der Waals surface area contributed by atoms with Crippen molar-refractivity contribution in [3.05, 3.63) is 0 Å². The van der Waals surface area contributed by atoms with Gasteiger partial charge in [-0.15, -0.1) is 0 Å². The standard InChI is InChI=1S/C17H26F3N3O3/c1-11(2)10-23-14(25)16(17(18,19)20,22-15(23)26)21-13(24)9-8-12-6-4-3-5-7-12/h11-12H,3-10H2,1-2H3,(H,21,24)(H,22,26)/t16-/m1/s1. The maximum absolute atomic E-state index is 13.6. The second-order valence-electron chi connectivity index (χ2n) is 7.58. The average Bonchev–Trinajstić information content (AvgIpc) is 2.78. The van der Waals surface area contributed by atoms with E-state index in [4.69, 9.17) is 0 Å². The van der Waals surface area contributed by atoms with Crippen molar-refractivity contribution in [3.8, 4) is 0 Å². The summed E-state index contributed by atoms with van der Waals surface area (Å²) in [6.45, 7) is 3.20. The minimum absolute atomic E-state index is 0.101. The van der Waals surface area contributed by atoms with E-state index in [1.165, 1.54) is 0 Å². The number of carbonyl (C=O) groups excluding carboxylic acids is 3. The molecule has 1 heterocycles. The van der Waals surface area contributed by atoms with Crippen LogP contribution in [-0.4, -0.2) is 41.1 Å². The number of hydrogen-bond donors (Lipinski definition) is 2. The summed E-state index contributed by atoms with van der Waals surface area (Å²) in [6, 6.07) is -1.14. The maximum Gasteiger partial charge on any atom is 0.440 e. The lowest BCUT2D eigenvalue weighted by Crippen LogP contribution is -2.69. The highest BCUT2D eigenvalue weighted by molar-refractivity contribution is 6.08. The highest BCUT2D eigenvalue weighted by Crippen LogP contribution is 2.34. The minimum atomic E-state index is -5.13. The van der Waals surface area contributed by atoms with Crippen LogP contribution in [-0.2, 0) is 9.59 Å².